The number of benzene rings is 2. The first kappa shape index (κ1) is 26.4. The summed E-state index contributed by atoms with van der Waals surface area (Å²) in [5.41, 5.74) is 8.09. The highest BCUT2D eigenvalue weighted by molar-refractivity contribution is 5.94. The minimum atomic E-state index is -0.312. The zero-order valence-corrected chi connectivity index (χ0v) is 22.1. The summed E-state index contributed by atoms with van der Waals surface area (Å²) in [5.74, 6) is 0.917. The minimum Gasteiger partial charge on any atom is -0.496 e. The van der Waals surface area contributed by atoms with Gasteiger partial charge < -0.3 is 19.9 Å². The van der Waals surface area contributed by atoms with Gasteiger partial charge in [0.2, 0.25) is 5.95 Å². The first-order valence-electron chi connectivity index (χ1n) is 12.7. The summed E-state index contributed by atoms with van der Waals surface area (Å²) < 4.78 is 5.47. The molecule has 2 aromatic carbocycles. The summed E-state index contributed by atoms with van der Waals surface area (Å²) in [4.78, 5) is 30.9. The summed E-state index contributed by atoms with van der Waals surface area (Å²) >= 11 is 0. The highest BCUT2D eigenvalue weighted by Gasteiger charge is 2.16. The molecule has 0 aliphatic carbocycles. The average Bonchev–Trinajstić information content (AvgIpc) is 2.94. The molecule has 1 fully saturated rings. The standard InChI is InChI=1S/C28H36N6O3/c1-5-33-12-14-34(15-13-33)25-10-8-24(9-11-25)31-28-29-18-21(19-30-28)6-7-22-16-23(27(35)32-37-4)17-26(36-3)20(22)2/h8-11,16-19H,5-7,12-15H2,1-4H3,(H,32,35)(H,29,30,31). The lowest BCUT2D eigenvalue weighted by Crippen LogP contribution is -2.46. The molecule has 1 aliphatic rings. The molecule has 0 radical (unpaired) electrons. The van der Waals surface area contributed by atoms with E-state index in [4.69, 9.17) is 9.57 Å². The van der Waals surface area contributed by atoms with Crippen molar-refractivity contribution in [3.8, 4) is 5.75 Å². The molecule has 9 heteroatoms. The van der Waals surface area contributed by atoms with Crippen molar-refractivity contribution >= 4 is 23.2 Å². The predicted molar refractivity (Wildman–Crippen MR) is 146 cm³/mol. The number of likely N-dealkylation sites (N-methyl/N-ethyl adjacent to an activating group) is 1. The van der Waals surface area contributed by atoms with Gasteiger partial charge in [0.1, 0.15) is 5.75 Å². The maximum Gasteiger partial charge on any atom is 0.274 e. The molecule has 1 aromatic heterocycles. The number of hydrogen-bond donors (Lipinski definition) is 2. The largest absolute Gasteiger partial charge is 0.496 e. The topological polar surface area (TPSA) is 91.9 Å². The van der Waals surface area contributed by atoms with E-state index in [9.17, 15) is 4.79 Å². The van der Waals surface area contributed by atoms with E-state index in [1.54, 1.807) is 13.2 Å². The van der Waals surface area contributed by atoms with Crippen LogP contribution >= 0.6 is 0 Å². The Labute approximate surface area is 218 Å². The first-order chi connectivity index (χ1) is 18.0. The Morgan fingerprint density at radius 2 is 1.70 bits per heavy atom. The third kappa shape index (κ3) is 6.75. The first-order valence-corrected chi connectivity index (χ1v) is 12.7. The van der Waals surface area contributed by atoms with Crippen LogP contribution in [0.2, 0.25) is 0 Å². The van der Waals surface area contributed by atoms with Crippen LogP contribution in [-0.2, 0) is 17.7 Å². The number of carbonyl (C=O) groups is 1. The van der Waals surface area contributed by atoms with E-state index in [0.717, 1.165) is 67.9 Å². The van der Waals surface area contributed by atoms with E-state index in [-0.39, 0.29) is 5.91 Å². The van der Waals surface area contributed by atoms with Crippen molar-refractivity contribution in [1.29, 1.82) is 0 Å². The van der Waals surface area contributed by atoms with Crippen LogP contribution in [0.1, 0.15) is 34.0 Å². The van der Waals surface area contributed by atoms with E-state index < -0.39 is 0 Å². The maximum absolute atomic E-state index is 12.2. The fraction of sp³-hybridized carbons (Fsp3) is 0.393. The zero-order chi connectivity index (χ0) is 26.2. The second kappa shape index (κ2) is 12.5. The number of nitrogens with zero attached hydrogens (tertiary/aromatic N) is 4. The van der Waals surface area contributed by atoms with Gasteiger partial charge in [0.25, 0.3) is 5.91 Å². The van der Waals surface area contributed by atoms with Gasteiger partial charge in [0.15, 0.2) is 0 Å². The zero-order valence-electron chi connectivity index (χ0n) is 22.1. The lowest BCUT2D eigenvalue weighted by molar-refractivity contribution is 0.0537. The van der Waals surface area contributed by atoms with Gasteiger partial charge in [-0.25, -0.2) is 15.4 Å². The predicted octanol–water partition coefficient (Wildman–Crippen LogP) is 3.76. The number of anilines is 3. The van der Waals surface area contributed by atoms with E-state index in [1.165, 1.54) is 12.8 Å². The molecule has 0 atom stereocenters. The number of rotatable bonds is 10. The number of methoxy groups -OCH3 is 1. The Morgan fingerprint density at radius 3 is 2.32 bits per heavy atom. The Bertz CT molecular complexity index is 1180. The van der Waals surface area contributed by atoms with E-state index in [0.29, 0.717) is 17.3 Å². The van der Waals surface area contributed by atoms with Gasteiger partial charge in [-0.15, -0.1) is 0 Å². The van der Waals surface area contributed by atoms with E-state index in [1.807, 2.05) is 25.4 Å². The molecule has 9 nitrogen and oxygen atoms in total. The van der Waals surface area contributed by atoms with Crippen LogP contribution in [0.15, 0.2) is 48.8 Å². The van der Waals surface area contributed by atoms with Crippen molar-refractivity contribution in [2.24, 2.45) is 0 Å². The Kier molecular flexibility index (Phi) is 8.92. The number of nitrogens with one attached hydrogen (secondary N) is 2. The van der Waals surface area contributed by atoms with Crippen LogP contribution < -0.4 is 20.4 Å². The van der Waals surface area contributed by atoms with Gasteiger partial charge in [0, 0.05) is 55.5 Å². The van der Waals surface area contributed by atoms with Crippen molar-refractivity contribution in [3.63, 3.8) is 0 Å². The van der Waals surface area contributed by atoms with Gasteiger partial charge >= 0.3 is 0 Å². The number of aromatic nitrogens is 2. The van der Waals surface area contributed by atoms with Gasteiger partial charge in [-0.1, -0.05) is 6.92 Å². The van der Waals surface area contributed by atoms with Crippen molar-refractivity contribution in [3.05, 3.63) is 71.0 Å². The summed E-state index contributed by atoms with van der Waals surface area (Å²) in [6.45, 7) is 9.66. The molecular weight excluding hydrogens is 468 g/mol. The van der Waals surface area contributed by atoms with Crippen LogP contribution in [-0.4, -0.2) is 67.7 Å². The Balaban J connectivity index is 1.35. The number of ether oxygens (including phenoxy) is 1. The number of aryl methyl sites for hydroxylation is 2. The fourth-order valence-electron chi connectivity index (χ4n) is 4.53. The van der Waals surface area contributed by atoms with Crippen molar-refractivity contribution in [2.45, 2.75) is 26.7 Å². The smallest absolute Gasteiger partial charge is 0.274 e. The third-order valence-corrected chi connectivity index (χ3v) is 6.84. The molecule has 0 saturated carbocycles. The van der Waals surface area contributed by atoms with Crippen molar-refractivity contribution < 1.29 is 14.4 Å². The van der Waals surface area contributed by atoms with Gasteiger partial charge in [0.05, 0.1) is 14.2 Å². The molecule has 1 aliphatic heterocycles. The molecule has 0 spiro atoms. The Hall–Kier alpha value is -3.69. The highest BCUT2D eigenvalue weighted by Crippen LogP contribution is 2.26. The molecule has 0 unspecified atom stereocenters. The molecule has 37 heavy (non-hydrogen) atoms. The minimum absolute atomic E-state index is 0.312. The van der Waals surface area contributed by atoms with Crippen LogP contribution in [0.25, 0.3) is 0 Å². The summed E-state index contributed by atoms with van der Waals surface area (Å²) in [6.07, 6.45) is 5.13. The molecule has 3 aromatic rings. The number of hydrogen-bond acceptors (Lipinski definition) is 8. The van der Waals surface area contributed by atoms with Gasteiger partial charge in [-0.2, -0.15) is 0 Å². The number of carbonyl (C=O) groups excluding carboxylic acids is 1. The third-order valence-electron chi connectivity index (χ3n) is 6.84. The molecule has 2 heterocycles. The van der Waals surface area contributed by atoms with Crippen molar-refractivity contribution in [2.75, 3.05) is 57.2 Å². The second-order valence-electron chi connectivity index (χ2n) is 9.11. The number of hydroxylamine groups is 1. The summed E-state index contributed by atoms with van der Waals surface area (Å²) in [7, 11) is 3.01. The van der Waals surface area contributed by atoms with Gasteiger partial charge in [-0.05, 0) is 79.4 Å². The van der Waals surface area contributed by atoms with E-state index >= 15 is 0 Å². The highest BCUT2D eigenvalue weighted by atomic mass is 16.6. The number of piperazine rings is 1. The number of amides is 1. The average molecular weight is 505 g/mol. The van der Waals surface area contributed by atoms with Crippen LogP contribution in [0, 0.1) is 6.92 Å². The van der Waals surface area contributed by atoms with Gasteiger partial charge in [-0.3, -0.25) is 9.63 Å². The normalized spacial score (nSPS) is 13.9. The SMILES string of the molecule is CCN1CCN(c2ccc(Nc3ncc(CCc4cc(C(=O)NOC)cc(OC)c4C)cn3)cc2)CC1. The molecule has 1 saturated heterocycles. The van der Waals surface area contributed by atoms with Crippen molar-refractivity contribution in [1.82, 2.24) is 20.3 Å². The second-order valence-corrected chi connectivity index (χ2v) is 9.11. The molecule has 1 amide bonds. The molecule has 2 N–H and O–H groups in total. The van der Waals surface area contributed by atoms with Crippen LogP contribution in [0.3, 0.4) is 0 Å². The molecule has 196 valence electrons. The lowest BCUT2D eigenvalue weighted by atomic mass is 9.98. The fourth-order valence-corrected chi connectivity index (χ4v) is 4.53. The monoisotopic (exact) mass is 504 g/mol. The van der Waals surface area contributed by atoms with Crippen LogP contribution in [0.5, 0.6) is 5.75 Å². The molecular formula is C28H36N6O3. The van der Waals surface area contributed by atoms with E-state index in [2.05, 4.69) is 61.8 Å². The Morgan fingerprint density at radius 1 is 1.00 bits per heavy atom. The maximum atomic E-state index is 12.2. The summed E-state index contributed by atoms with van der Waals surface area (Å²) in [6, 6.07) is 12.0. The summed E-state index contributed by atoms with van der Waals surface area (Å²) in [5, 5.41) is 3.29. The molecule has 4 rings (SSSR count). The lowest BCUT2D eigenvalue weighted by Gasteiger charge is -2.35. The quantitative estimate of drug-likeness (QED) is 0.404. The molecule has 0 bridgehead atoms. The van der Waals surface area contributed by atoms with Crippen LogP contribution in [0.4, 0.5) is 17.3 Å².